The summed E-state index contributed by atoms with van der Waals surface area (Å²) in [5.41, 5.74) is 0.417. The predicted octanol–water partition coefficient (Wildman–Crippen LogP) is 2.67. The summed E-state index contributed by atoms with van der Waals surface area (Å²) >= 11 is 11.5. The van der Waals surface area contributed by atoms with Crippen molar-refractivity contribution >= 4 is 29.1 Å². The van der Waals surface area contributed by atoms with Gasteiger partial charge in [0.1, 0.15) is 10.3 Å². The highest BCUT2D eigenvalue weighted by atomic mass is 35.5. The second-order valence-corrected chi connectivity index (χ2v) is 5.66. The molecule has 6 heteroatoms. The number of amides is 1. The van der Waals surface area contributed by atoms with E-state index in [9.17, 15) is 9.90 Å². The summed E-state index contributed by atoms with van der Waals surface area (Å²) in [4.78, 5) is 15.7. The van der Waals surface area contributed by atoms with Crippen LogP contribution in [0.5, 0.6) is 0 Å². The Balaban J connectivity index is 1.87. The van der Waals surface area contributed by atoms with Crippen LogP contribution in [0.25, 0.3) is 0 Å². The smallest absolute Gasteiger partial charge is 0.251 e. The number of halogens is 2. The van der Waals surface area contributed by atoms with E-state index >= 15 is 0 Å². The summed E-state index contributed by atoms with van der Waals surface area (Å²) in [6.07, 6.45) is 3.34. The van der Waals surface area contributed by atoms with E-state index in [0.717, 1.165) is 25.7 Å². The van der Waals surface area contributed by atoms with Gasteiger partial charge < -0.3 is 10.4 Å². The maximum absolute atomic E-state index is 12.0. The molecule has 19 heavy (non-hydrogen) atoms. The van der Waals surface area contributed by atoms with E-state index in [-0.39, 0.29) is 22.3 Å². The van der Waals surface area contributed by atoms with Gasteiger partial charge in [0, 0.05) is 12.1 Å². The number of aliphatic hydroxyl groups excluding tert-OH is 1. The maximum Gasteiger partial charge on any atom is 0.251 e. The average Bonchev–Trinajstić information content (AvgIpc) is 2.36. The summed E-state index contributed by atoms with van der Waals surface area (Å²) in [6, 6.07) is 2.99. The Morgan fingerprint density at radius 3 is 2.42 bits per heavy atom. The van der Waals surface area contributed by atoms with Crippen LogP contribution in [0.1, 0.15) is 36.0 Å². The number of carbonyl (C=O) groups excluding carboxylic acids is 1. The van der Waals surface area contributed by atoms with E-state index in [1.165, 1.54) is 12.1 Å². The van der Waals surface area contributed by atoms with Crippen LogP contribution in [-0.4, -0.2) is 28.6 Å². The Labute approximate surface area is 122 Å². The van der Waals surface area contributed by atoms with Gasteiger partial charge >= 0.3 is 0 Å². The lowest BCUT2D eigenvalue weighted by molar-refractivity contribution is 0.0910. The molecular weight excluding hydrogens is 287 g/mol. The fourth-order valence-corrected chi connectivity index (χ4v) is 2.74. The number of hydrogen-bond donors (Lipinski definition) is 2. The van der Waals surface area contributed by atoms with Gasteiger partial charge in [0.25, 0.3) is 5.91 Å². The molecule has 1 aliphatic carbocycles. The second kappa shape index (κ2) is 6.55. The molecule has 104 valence electrons. The molecule has 1 aliphatic rings. The number of aliphatic hydroxyl groups is 1. The van der Waals surface area contributed by atoms with Gasteiger partial charge in [-0.05, 0) is 43.7 Å². The summed E-state index contributed by atoms with van der Waals surface area (Å²) in [5, 5.41) is 12.7. The third-order valence-corrected chi connectivity index (χ3v) is 3.78. The molecule has 0 aliphatic heterocycles. The first-order valence-electron chi connectivity index (χ1n) is 6.34. The second-order valence-electron chi connectivity index (χ2n) is 4.89. The van der Waals surface area contributed by atoms with Gasteiger partial charge in [-0.15, -0.1) is 0 Å². The SMILES string of the molecule is O=C(NCC1CCC(O)CC1)c1cc(Cl)nc(Cl)c1. The molecule has 1 fully saturated rings. The highest BCUT2D eigenvalue weighted by Gasteiger charge is 2.20. The van der Waals surface area contributed by atoms with E-state index in [4.69, 9.17) is 23.2 Å². The molecule has 0 spiro atoms. The van der Waals surface area contributed by atoms with Crippen LogP contribution in [0.15, 0.2) is 12.1 Å². The molecule has 1 amide bonds. The monoisotopic (exact) mass is 302 g/mol. The van der Waals surface area contributed by atoms with Crippen LogP contribution < -0.4 is 5.32 Å². The standard InChI is InChI=1S/C13H16Cl2N2O2/c14-11-5-9(6-12(15)17-11)13(19)16-7-8-1-3-10(18)4-2-8/h5-6,8,10,18H,1-4,7H2,(H,16,19). The van der Waals surface area contributed by atoms with Gasteiger partial charge in [-0.1, -0.05) is 23.2 Å². The van der Waals surface area contributed by atoms with E-state index in [2.05, 4.69) is 10.3 Å². The summed E-state index contributed by atoms with van der Waals surface area (Å²) in [6.45, 7) is 0.614. The average molecular weight is 303 g/mol. The highest BCUT2D eigenvalue weighted by molar-refractivity contribution is 6.33. The van der Waals surface area contributed by atoms with Crippen molar-refractivity contribution in [1.29, 1.82) is 0 Å². The first kappa shape index (κ1) is 14.6. The topological polar surface area (TPSA) is 62.2 Å². The molecule has 1 aromatic rings. The van der Waals surface area contributed by atoms with E-state index in [1.54, 1.807) is 0 Å². The van der Waals surface area contributed by atoms with Gasteiger partial charge in [-0.3, -0.25) is 4.79 Å². The van der Waals surface area contributed by atoms with E-state index in [1.807, 2.05) is 0 Å². The first-order chi connectivity index (χ1) is 9.04. The lowest BCUT2D eigenvalue weighted by atomic mass is 9.87. The maximum atomic E-state index is 12.0. The van der Waals surface area contributed by atoms with Crippen molar-refractivity contribution in [1.82, 2.24) is 10.3 Å². The van der Waals surface area contributed by atoms with Crippen LogP contribution >= 0.6 is 23.2 Å². The van der Waals surface area contributed by atoms with Crippen molar-refractivity contribution in [2.75, 3.05) is 6.54 Å². The van der Waals surface area contributed by atoms with E-state index in [0.29, 0.717) is 18.0 Å². The molecule has 2 rings (SSSR count). The zero-order valence-electron chi connectivity index (χ0n) is 10.4. The predicted molar refractivity (Wildman–Crippen MR) is 74.6 cm³/mol. The van der Waals surface area contributed by atoms with Crippen molar-refractivity contribution in [3.05, 3.63) is 28.0 Å². The zero-order chi connectivity index (χ0) is 13.8. The molecule has 1 heterocycles. The molecule has 0 unspecified atom stereocenters. The fourth-order valence-electron chi connectivity index (χ4n) is 2.28. The van der Waals surface area contributed by atoms with Crippen molar-refractivity contribution < 1.29 is 9.90 Å². The molecule has 0 radical (unpaired) electrons. The number of rotatable bonds is 3. The lowest BCUT2D eigenvalue weighted by Crippen LogP contribution is -2.32. The van der Waals surface area contributed by atoms with E-state index < -0.39 is 0 Å². The molecule has 0 atom stereocenters. The minimum absolute atomic E-state index is 0.176. The number of nitrogens with zero attached hydrogens (tertiary/aromatic N) is 1. The van der Waals surface area contributed by atoms with Crippen LogP contribution in [0, 0.1) is 5.92 Å². The number of pyridine rings is 1. The Hall–Kier alpha value is -0.840. The first-order valence-corrected chi connectivity index (χ1v) is 7.09. The number of carbonyl (C=O) groups is 1. The normalized spacial score (nSPS) is 23.1. The van der Waals surface area contributed by atoms with Crippen molar-refractivity contribution in [2.45, 2.75) is 31.8 Å². The molecular formula is C13H16Cl2N2O2. The van der Waals surface area contributed by atoms with Crippen LogP contribution in [-0.2, 0) is 0 Å². The summed E-state index contributed by atoms with van der Waals surface area (Å²) < 4.78 is 0. The van der Waals surface area contributed by atoms with Crippen molar-refractivity contribution in [2.24, 2.45) is 5.92 Å². The minimum Gasteiger partial charge on any atom is -0.393 e. The quantitative estimate of drug-likeness (QED) is 0.844. The van der Waals surface area contributed by atoms with Crippen molar-refractivity contribution in [3.8, 4) is 0 Å². The third kappa shape index (κ3) is 4.34. The Kier molecular flexibility index (Phi) is 5.02. The molecule has 0 bridgehead atoms. The Morgan fingerprint density at radius 2 is 1.84 bits per heavy atom. The highest BCUT2D eigenvalue weighted by Crippen LogP contribution is 2.23. The number of nitrogens with one attached hydrogen (secondary N) is 1. The molecule has 0 saturated heterocycles. The third-order valence-electron chi connectivity index (χ3n) is 3.39. The molecule has 2 N–H and O–H groups in total. The largest absolute Gasteiger partial charge is 0.393 e. The number of aromatic nitrogens is 1. The Morgan fingerprint density at radius 1 is 1.26 bits per heavy atom. The van der Waals surface area contributed by atoms with Gasteiger partial charge in [0.15, 0.2) is 0 Å². The molecule has 1 saturated carbocycles. The van der Waals surface area contributed by atoms with Crippen LogP contribution in [0.4, 0.5) is 0 Å². The van der Waals surface area contributed by atoms with Crippen LogP contribution in [0.3, 0.4) is 0 Å². The van der Waals surface area contributed by atoms with Gasteiger partial charge in [0.2, 0.25) is 0 Å². The van der Waals surface area contributed by atoms with Gasteiger partial charge in [-0.2, -0.15) is 0 Å². The Bertz CT molecular complexity index is 440. The lowest BCUT2D eigenvalue weighted by Gasteiger charge is -2.25. The van der Waals surface area contributed by atoms with Crippen molar-refractivity contribution in [3.63, 3.8) is 0 Å². The van der Waals surface area contributed by atoms with Gasteiger partial charge in [0.05, 0.1) is 6.10 Å². The van der Waals surface area contributed by atoms with Gasteiger partial charge in [-0.25, -0.2) is 4.98 Å². The molecule has 0 aromatic carbocycles. The summed E-state index contributed by atoms with van der Waals surface area (Å²) in [5.74, 6) is 0.234. The zero-order valence-corrected chi connectivity index (χ0v) is 11.9. The summed E-state index contributed by atoms with van der Waals surface area (Å²) in [7, 11) is 0. The fraction of sp³-hybridized carbons (Fsp3) is 0.538. The molecule has 4 nitrogen and oxygen atoms in total. The minimum atomic E-state index is -0.197. The molecule has 1 aromatic heterocycles. The van der Waals surface area contributed by atoms with Crippen LogP contribution in [0.2, 0.25) is 10.3 Å². The number of hydrogen-bond acceptors (Lipinski definition) is 3.